The van der Waals surface area contributed by atoms with Gasteiger partial charge in [0.25, 0.3) is 0 Å². The van der Waals surface area contributed by atoms with E-state index in [1.54, 1.807) is 12.5 Å². The van der Waals surface area contributed by atoms with Gasteiger partial charge in [-0.15, -0.1) is 0 Å². The topological polar surface area (TPSA) is 62.1 Å². The van der Waals surface area contributed by atoms with Crippen LogP contribution < -0.4 is 0 Å². The Balaban J connectivity index is 2.08. The number of hydrogen-bond acceptors (Lipinski definition) is 5. The van der Waals surface area contributed by atoms with E-state index in [-0.39, 0.29) is 6.23 Å². The van der Waals surface area contributed by atoms with Crippen LogP contribution in [0.4, 0.5) is 0 Å². The summed E-state index contributed by atoms with van der Waals surface area (Å²) >= 11 is 0. The van der Waals surface area contributed by atoms with Gasteiger partial charge in [-0.25, -0.2) is 15.0 Å². The molecule has 1 unspecified atom stereocenters. The molecule has 3 aliphatic heterocycles. The first-order valence-corrected chi connectivity index (χ1v) is 4.27. The third kappa shape index (κ3) is 1.08. The summed E-state index contributed by atoms with van der Waals surface area (Å²) in [4.78, 5) is 12.3. The van der Waals surface area contributed by atoms with Crippen molar-refractivity contribution in [2.45, 2.75) is 6.23 Å². The highest BCUT2D eigenvalue weighted by atomic mass is 16.7. The molecule has 6 heteroatoms. The van der Waals surface area contributed by atoms with Gasteiger partial charge in [0.2, 0.25) is 0 Å². The van der Waals surface area contributed by atoms with Gasteiger partial charge >= 0.3 is 0 Å². The predicted molar refractivity (Wildman–Crippen MR) is 45.4 cm³/mol. The van der Waals surface area contributed by atoms with Crippen LogP contribution in [-0.4, -0.2) is 32.9 Å². The average molecular weight is 192 g/mol. The lowest BCUT2D eigenvalue weighted by molar-refractivity contribution is 0.0232. The molecule has 0 radical (unpaired) electrons. The summed E-state index contributed by atoms with van der Waals surface area (Å²) in [5.74, 6) is 0.774. The van der Waals surface area contributed by atoms with Gasteiger partial charge in [0.15, 0.2) is 12.1 Å². The van der Waals surface area contributed by atoms with Crippen molar-refractivity contribution in [3.8, 4) is 11.5 Å². The first kappa shape index (κ1) is 7.84. The third-order valence-corrected chi connectivity index (χ3v) is 2.15. The summed E-state index contributed by atoms with van der Waals surface area (Å²) in [6.45, 7) is 0.848. The molecule has 0 aromatic rings. The Labute approximate surface area is 79.9 Å². The van der Waals surface area contributed by atoms with Crippen molar-refractivity contribution in [3.05, 3.63) is 18.9 Å². The molecule has 72 valence electrons. The van der Waals surface area contributed by atoms with E-state index in [0.29, 0.717) is 13.4 Å². The van der Waals surface area contributed by atoms with Crippen molar-refractivity contribution in [1.29, 1.82) is 0 Å². The first-order chi connectivity index (χ1) is 6.95. The van der Waals surface area contributed by atoms with Crippen LogP contribution in [0.1, 0.15) is 6.23 Å². The number of ether oxygens (including phenoxy) is 2. The van der Waals surface area contributed by atoms with Crippen molar-refractivity contribution in [3.63, 3.8) is 0 Å². The van der Waals surface area contributed by atoms with E-state index in [0.717, 1.165) is 11.5 Å². The molecular formula is C8H8N4O2. The van der Waals surface area contributed by atoms with Gasteiger partial charge in [-0.2, -0.15) is 0 Å². The molecule has 0 aromatic heterocycles. The zero-order valence-corrected chi connectivity index (χ0v) is 7.33. The van der Waals surface area contributed by atoms with Crippen LogP contribution in [0.5, 0.6) is 0 Å². The van der Waals surface area contributed by atoms with Gasteiger partial charge in [-0.3, -0.25) is 4.57 Å². The molecule has 1 saturated heterocycles. The Morgan fingerprint density at radius 3 is 3.29 bits per heavy atom. The van der Waals surface area contributed by atoms with Crippen molar-refractivity contribution < 1.29 is 9.47 Å². The van der Waals surface area contributed by atoms with Crippen molar-refractivity contribution in [2.75, 3.05) is 13.4 Å². The number of imidazole rings is 1. The minimum Gasteiger partial charge on any atom is -0.351 e. The number of nitrogens with zero attached hydrogens (tertiary/aromatic N) is 4. The summed E-state index contributed by atoms with van der Waals surface area (Å²) < 4.78 is 12.3. The van der Waals surface area contributed by atoms with Crippen LogP contribution in [0.15, 0.2) is 18.9 Å². The fraction of sp³-hybridized carbons (Fsp3) is 0.375. The summed E-state index contributed by atoms with van der Waals surface area (Å²) in [7, 11) is 0. The van der Waals surface area contributed by atoms with E-state index in [9.17, 15) is 0 Å². The lowest BCUT2D eigenvalue weighted by atomic mass is 10.4. The Bertz CT molecular complexity index is 410. The summed E-state index contributed by atoms with van der Waals surface area (Å²) in [5, 5.41) is 0. The van der Waals surface area contributed by atoms with Crippen LogP contribution in [0, 0.1) is 0 Å². The van der Waals surface area contributed by atoms with E-state index in [1.165, 1.54) is 6.33 Å². The molecule has 0 saturated carbocycles. The fourth-order valence-corrected chi connectivity index (χ4v) is 1.49. The van der Waals surface area contributed by atoms with E-state index in [1.807, 2.05) is 4.57 Å². The molecular weight excluding hydrogens is 184 g/mol. The Kier molecular flexibility index (Phi) is 1.68. The monoisotopic (exact) mass is 192 g/mol. The van der Waals surface area contributed by atoms with Crippen LogP contribution >= 0.6 is 0 Å². The fourth-order valence-electron chi connectivity index (χ4n) is 1.49. The second-order valence-corrected chi connectivity index (χ2v) is 2.99. The van der Waals surface area contributed by atoms with Crippen molar-refractivity contribution in [2.24, 2.45) is 0 Å². The molecule has 0 N–H and O–H groups in total. The predicted octanol–water partition coefficient (Wildman–Crippen LogP) is 0.281. The zero-order chi connectivity index (χ0) is 9.38. The second kappa shape index (κ2) is 3.00. The number of fused-ring (bicyclic) bond motifs is 1. The molecule has 14 heavy (non-hydrogen) atoms. The maximum absolute atomic E-state index is 5.35. The van der Waals surface area contributed by atoms with Gasteiger partial charge < -0.3 is 9.47 Å². The normalized spacial score (nSPS) is 21.9. The quantitative estimate of drug-likeness (QED) is 0.649. The molecule has 1 fully saturated rings. The van der Waals surface area contributed by atoms with Crippen LogP contribution in [0.3, 0.4) is 0 Å². The molecule has 3 aliphatic rings. The van der Waals surface area contributed by atoms with Gasteiger partial charge in [0, 0.05) is 0 Å². The smallest absolute Gasteiger partial charge is 0.165 e. The van der Waals surface area contributed by atoms with Crippen molar-refractivity contribution >= 4 is 0 Å². The minimum atomic E-state index is -0.136. The van der Waals surface area contributed by atoms with E-state index in [4.69, 9.17) is 9.47 Å². The molecule has 0 aromatic carbocycles. The molecule has 3 rings (SSSR count). The average Bonchev–Trinajstić information content (AvgIpc) is 2.88. The van der Waals surface area contributed by atoms with Crippen LogP contribution in [0.25, 0.3) is 11.5 Å². The van der Waals surface area contributed by atoms with Gasteiger partial charge in [0.05, 0.1) is 19.1 Å². The molecule has 0 amide bonds. The summed E-state index contributed by atoms with van der Waals surface area (Å²) in [6.07, 6.45) is 4.73. The molecule has 0 bridgehead atoms. The molecule has 3 heterocycles. The van der Waals surface area contributed by atoms with Gasteiger partial charge in [0.1, 0.15) is 18.8 Å². The largest absolute Gasteiger partial charge is 0.351 e. The van der Waals surface area contributed by atoms with Gasteiger partial charge in [-0.05, 0) is 0 Å². The highest BCUT2D eigenvalue weighted by molar-refractivity contribution is 5.48. The Morgan fingerprint density at radius 2 is 2.43 bits per heavy atom. The summed E-state index contributed by atoms with van der Waals surface area (Å²) in [5.41, 5.74) is 0.767. The third-order valence-electron chi connectivity index (χ3n) is 2.15. The lowest BCUT2D eigenvalue weighted by Crippen LogP contribution is -2.14. The summed E-state index contributed by atoms with van der Waals surface area (Å²) in [6, 6.07) is 0. The molecule has 1 atom stereocenters. The number of rotatable bonds is 1. The highest BCUT2D eigenvalue weighted by Gasteiger charge is 2.22. The molecule has 0 spiro atoms. The maximum Gasteiger partial charge on any atom is 0.165 e. The van der Waals surface area contributed by atoms with E-state index >= 15 is 0 Å². The van der Waals surface area contributed by atoms with Crippen LogP contribution in [-0.2, 0) is 9.47 Å². The van der Waals surface area contributed by atoms with Gasteiger partial charge in [-0.1, -0.05) is 0 Å². The first-order valence-electron chi connectivity index (χ1n) is 4.27. The Hall–Kier alpha value is -1.53. The maximum atomic E-state index is 5.35. The Morgan fingerprint density at radius 1 is 1.43 bits per heavy atom. The number of aromatic nitrogens is 4. The van der Waals surface area contributed by atoms with Crippen LogP contribution in [0.2, 0.25) is 0 Å². The minimum absolute atomic E-state index is 0.136. The zero-order valence-electron chi connectivity index (χ0n) is 7.33. The lowest BCUT2D eigenvalue weighted by Gasteiger charge is -2.14. The molecule has 6 nitrogen and oxygen atoms in total. The highest BCUT2D eigenvalue weighted by Crippen LogP contribution is 2.22. The van der Waals surface area contributed by atoms with E-state index in [2.05, 4.69) is 15.0 Å². The van der Waals surface area contributed by atoms with Crippen molar-refractivity contribution in [1.82, 2.24) is 19.5 Å². The number of hydrogen-bond donors (Lipinski definition) is 0. The SMILES string of the molecule is c1nc2cncn(C3COCO3)c-2n1. The molecule has 0 aliphatic carbocycles. The van der Waals surface area contributed by atoms with E-state index < -0.39 is 0 Å². The standard InChI is InChI=1S/C8H8N4O2/c1-6-8(11-3-10-6)12(4-9-1)7-2-13-5-14-7/h1,3-4,7H,2,5H2. The second-order valence-electron chi connectivity index (χ2n) is 2.99.